The van der Waals surface area contributed by atoms with Gasteiger partial charge in [0.25, 0.3) is 0 Å². The molecule has 138 valence electrons. The van der Waals surface area contributed by atoms with Gasteiger partial charge < -0.3 is 15.2 Å². The van der Waals surface area contributed by atoms with Gasteiger partial charge in [0.05, 0.1) is 26.0 Å². The van der Waals surface area contributed by atoms with Crippen LogP contribution in [0.3, 0.4) is 0 Å². The number of hydrazone groups is 1. The van der Waals surface area contributed by atoms with Gasteiger partial charge in [0, 0.05) is 11.0 Å². The number of nitrogens with one attached hydrogen (secondary N) is 1. The molecule has 0 aliphatic rings. The van der Waals surface area contributed by atoms with Crippen LogP contribution in [0.15, 0.2) is 53.6 Å². The zero-order valence-electron chi connectivity index (χ0n) is 14.8. The summed E-state index contributed by atoms with van der Waals surface area (Å²) >= 11 is 8.96. The highest BCUT2D eigenvalue weighted by atomic mass is 79.9. The summed E-state index contributed by atoms with van der Waals surface area (Å²) in [5, 5.41) is 19.7. The van der Waals surface area contributed by atoms with Gasteiger partial charge in [-0.2, -0.15) is 5.10 Å². The number of nitrogens with zero attached hydrogens (tertiary/aromatic N) is 2. The lowest BCUT2D eigenvalue weighted by molar-refractivity contribution is 0.254. The summed E-state index contributed by atoms with van der Waals surface area (Å²) in [5.74, 6) is 0.771. The number of rotatable bonds is 7. The first kappa shape index (κ1) is 20.4. The number of thiocarbonyl (C=S) groups is 1. The van der Waals surface area contributed by atoms with Crippen LogP contribution in [0, 0.1) is 6.92 Å². The zero-order chi connectivity index (χ0) is 18.9. The van der Waals surface area contributed by atoms with Gasteiger partial charge >= 0.3 is 0 Å². The number of anilines is 1. The number of ether oxygens (including phenoxy) is 1. The molecule has 0 radical (unpaired) electrons. The number of benzene rings is 2. The Morgan fingerprint density at radius 2 is 1.85 bits per heavy atom. The molecule has 0 aromatic heterocycles. The third-order valence-electron chi connectivity index (χ3n) is 3.64. The largest absolute Gasteiger partial charge is 0.497 e. The molecular formula is C19H22BrN3O2S. The summed E-state index contributed by atoms with van der Waals surface area (Å²) in [6.45, 7) is 2.28. The second kappa shape index (κ2) is 10.3. The van der Waals surface area contributed by atoms with Gasteiger partial charge in [-0.1, -0.05) is 45.8 Å². The minimum Gasteiger partial charge on any atom is -0.497 e. The lowest BCUT2D eigenvalue weighted by Crippen LogP contribution is -2.34. The van der Waals surface area contributed by atoms with E-state index in [2.05, 4.69) is 26.3 Å². The van der Waals surface area contributed by atoms with Crippen molar-refractivity contribution in [3.63, 3.8) is 0 Å². The highest BCUT2D eigenvalue weighted by molar-refractivity contribution is 9.09. The van der Waals surface area contributed by atoms with Crippen molar-refractivity contribution in [3.05, 3.63) is 59.7 Å². The molecular weight excluding hydrogens is 414 g/mol. The summed E-state index contributed by atoms with van der Waals surface area (Å²) < 4.78 is 5.15. The van der Waals surface area contributed by atoms with Crippen LogP contribution in [0.2, 0.25) is 0 Å². The number of hydrogen-bond acceptors (Lipinski definition) is 4. The Morgan fingerprint density at radius 3 is 2.38 bits per heavy atom. The standard InChI is InChI=1S/C19H22BrN3O2S/c1-14-3-5-15(6-4-14)18(13-20)22-23(11-12-24)19(26)21-16-7-9-17(25-2)10-8-16/h3-10,24H,11-13H2,1-2H3,(H,21,26). The summed E-state index contributed by atoms with van der Waals surface area (Å²) in [4.78, 5) is 0. The smallest absolute Gasteiger partial charge is 0.194 e. The molecule has 0 spiro atoms. The Hall–Kier alpha value is -1.96. The Labute approximate surface area is 167 Å². The van der Waals surface area contributed by atoms with E-state index in [0.717, 1.165) is 22.7 Å². The molecule has 2 rings (SSSR count). The molecule has 0 saturated heterocycles. The first-order valence-electron chi connectivity index (χ1n) is 8.11. The fraction of sp³-hybridized carbons (Fsp3) is 0.263. The molecule has 5 nitrogen and oxygen atoms in total. The fourth-order valence-electron chi connectivity index (χ4n) is 2.21. The Kier molecular flexibility index (Phi) is 8.03. The van der Waals surface area contributed by atoms with E-state index in [1.54, 1.807) is 12.1 Å². The monoisotopic (exact) mass is 435 g/mol. The normalized spacial score (nSPS) is 11.2. The van der Waals surface area contributed by atoms with Crippen molar-refractivity contribution in [2.24, 2.45) is 5.10 Å². The maximum Gasteiger partial charge on any atom is 0.194 e. The quantitative estimate of drug-likeness (QED) is 0.299. The zero-order valence-corrected chi connectivity index (χ0v) is 17.2. The van der Waals surface area contributed by atoms with E-state index in [1.165, 1.54) is 5.56 Å². The van der Waals surface area contributed by atoms with E-state index >= 15 is 0 Å². The minimum atomic E-state index is -0.0581. The Balaban J connectivity index is 2.19. The lowest BCUT2D eigenvalue weighted by Gasteiger charge is -2.21. The van der Waals surface area contributed by atoms with Gasteiger partial charge in [0.15, 0.2) is 5.11 Å². The van der Waals surface area contributed by atoms with Gasteiger partial charge in [-0.3, -0.25) is 0 Å². The maximum absolute atomic E-state index is 9.39. The SMILES string of the molecule is COc1ccc(NC(=S)N(CCO)N=C(CBr)c2ccc(C)cc2)cc1. The Morgan fingerprint density at radius 1 is 1.19 bits per heavy atom. The third kappa shape index (κ3) is 5.79. The van der Waals surface area contributed by atoms with Gasteiger partial charge in [0.1, 0.15) is 5.75 Å². The summed E-state index contributed by atoms with van der Waals surface area (Å²) in [5.41, 5.74) is 3.84. The van der Waals surface area contributed by atoms with E-state index in [4.69, 9.17) is 17.0 Å². The van der Waals surface area contributed by atoms with Gasteiger partial charge in [-0.15, -0.1) is 0 Å². The number of halogens is 1. The summed E-state index contributed by atoms with van der Waals surface area (Å²) in [6.07, 6.45) is 0. The van der Waals surface area contributed by atoms with Crippen molar-refractivity contribution in [2.75, 3.05) is 30.9 Å². The highest BCUT2D eigenvalue weighted by Crippen LogP contribution is 2.16. The Bertz CT molecular complexity index is 748. The number of methoxy groups -OCH3 is 1. The molecule has 0 aliphatic heterocycles. The first-order valence-corrected chi connectivity index (χ1v) is 9.64. The van der Waals surface area contributed by atoms with Crippen molar-refractivity contribution in [1.82, 2.24) is 5.01 Å². The van der Waals surface area contributed by atoms with Crippen LogP contribution in [-0.4, -0.2) is 46.5 Å². The molecule has 0 fully saturated rings. The van der Waals surface area contributed by atoms with E-state index in [1.807, 2.05) is 55.5 Å². The van der Waals surface area contributed by atoms with Crippen LogP contribution in [0.5, 0.6) is 5.75 Å². The summed E-state index contributed by atoms with van der Waals surface area (Å²) in [7, 11) is 1.62. The van der Waals surface area contributed by atoms with Crippen LogP contribution < -0.4 is 10.1 Å². The van der Waals surface area contributed by atoms with Gasteiger partial charge in [0.2, 0.25) is 0 Å². The van der Waals surface area contributed by atoms with Crippen LogP contribution in [0.1, 0.15) is 11.1 Å². The molecule has 2 N–H and O–H groups in total. The van der Waals surface area contributed by atoms with Gasteiger partial charge in [-0.25, -0.2) is 5.01 Å². The predicted molar refractivity (Wildman–Crippen MR) is 115 cm³/mol. The molecule has 0 amide bonds. The summed E-state index contributed by atoms with van der Waals surface area (Å²) in [6, 6.07) is 15.6. The molecule has 0 unspecified atom stereocenters. The minimum absolute atomic E-state index is 0.0581. The number of alkyl halides is 1. The predicted octanol–water partition coefficient (Wildman–Crippen LogP) is 3.79. The molecule has 0 heterocycles. The average molecular weight is 436 g/mol. The van der Waals surface area contributed by atoms with E-state index < -0.39 is 0 Å². The van der Waals surface area contributed by atoms with Crippen LogP contribution in [0.4, 0.5) is 5.69 Å². The van der Waals surface area contributed by atoms with E-state index in [0.29, 0.717) is 17.0 Å². The fourth-order valence-corrected chi connectivity index (χ4v) is 2.89. The third-order valence-corrected chi connectivity index (χ3v) is 4.48. The van der Waals surface area contributed by atoms with Crippen molar-refractivity contribution >= 4 is 44.7 Å². The molecule has 2 aromatic carbocycles. The topological polar surface area (TPSA) is 57.1 Å². The van der Waals surface area contributed by atoms with Crippen LogP contribution in [-0.2, 0) is 0 Å². The molecule has 0 bridgehead atoms. The van der Waals surface area contributed by atoms with Gasteiger partial charge in [-0.05, 0) is 49.0 Å². The van der Waals surface area contributed by atoms with Crippen molar-refractivity contribution < 1.29 is 9.84 Å². The molecule has 26 heavy (non-hydrogen) atoms. The number of aliphatic hydroxyl groups excluding tert-OH is 1. The maximum atomic E-state index is 9.39. The van der Waals surface area contributed by atoms with Crippen molar-refractivity contribution in [2.45, 2.75) is 6.92 Å². The number of aryl methyl sites for hydroxylation is 1. The average Bonchev–Trinajstić information content (AvgIpc) is 2.66. The lowest BCUT2D eigenvalue weighted by atomic mass is 10.1. The molecule has 0 aliphatic carbocycles. The van der Waals surface area contributed by atoms with Crippen LogP contribution >= 0.6 is 28.1 Å². The van der Waals surface area contributed by atoms with E-state index in [-0.39, 0.29) is 6.61 Å². The molecule has 2 aromatic rings. The number of aliphatic hydroxyl groups is 1. The molecule has 7 heteroatoms. The second-order valence-electron chi connectivity index (χ2n) is 5.55. The molecule has 0 saturated carbocycles. The van der Waals surface area contributed by atoms with Crippen molar-refractivity contribution in [1.29, 1.82) is 0 Å². The highest BCUT2D eigenvalue weighted by Gasteiger charge is 2.11. The second-order valence-corrected chi connectivity index (χ2v) is 6.50. The first-order chi connectivity index (χ1) is 12.6. The van der Waals surface area contributed by atoms with E-state index in [9.17, 15) is 5.11 Å². The number of hydrogen-bond donors (Lipinski definition) is 2. The van der Waals surface area contributed by atoms with Crippen LogP contribution in [0.25, 0.3) is 0 Å². The van der Waals surface area contributed by atoms with Crippen molar-refractivity contribution in [3.8, 4) is 5.75 Å². The molecule has 0 atom stereocenters.